The van der Waals surface area contributed by atoms with Gasteiger partial charge in [-0.05, 0) is 75.0 Å². The first-order valence-electron chi connectivity index (χ1n) is 14.7. The topological polar surface area (TPSA) is 65.2 Å². The quantitative estimate of drug-likeness (QED) is 0.280. The van der Waals surface area contributed by atoms with Crippen LogP contribution < -0.4 is 5.32 Å². The maximum absolute atomic E-state index is 13.5. The molecule has 0 saturated heterocycles. The highest BCUT2D eigenvalue weighted by atomic mass is 16.1. The Bertz CT molecular complexity index is 1200. The van der Waals surface area contributed by atoms with E-state index in [1.807, 2.05) is 39.0 Å². The molecule has 1 aliphatic carbocycles. The lowest BCUT2D eigenvalue weighted by Gasteiger charge is -2.19. The fourth-order valence-corrected chi connectivity index (χ4v) is 5.30. The summed E-state index contributed by atoms with van der Waals surface area (Å²) in [5.41, 5.74) is 7.29. The number of Topliss-reactive ketones (excluding diaryl/α,β-unsaturated/α-hetero) is 1. The molecule has 1 aromatic heterocycles. The van der Waals surface area contributed by atoms with Gasteiger partial charge >= 0.3 is 0 Å². The standard InChI is InChI=1S/C32H43N3O2.C2H6/c1-7-14-25-18-13-15-22(4)29(25)27(24(6)36)21-28-31(26-16-11-10-12-17-26)30(23(5)34-28)32(37)33-19-20-35(8-2)9-3;1-2/h10-13,15-16,18,21,26,34H,7-9,14,17,19-20H2,1-6H3,(H,33,37);1-2H3/b27-21+;. The van der Waals surface area contributed by atoms with Crippen LogP contribution in [-0.2, 0) is 11.2 Å². The van der Waals surface area contributed by atoms with Crippen LogP contribution in [0.4, 0.5) is 0 Å². The summed E-state index contributed by atoms with van der Waals surface area (Å²) in [5.74, 6) is 0.0181. The molecular weight excluding hydrogens is 482 g/mol. The molecule has 0 spiro atoms. The molecule has 3 rings (SSSR count). The Hall–Kier alpha value is -3.18. The summed E-state index contributed by atoms with van der Waals surface area (Å²) in [7, 11) is 0. The smallest absolute Gasteiger partial charge is 0.253 e. The number of aromatic amines is 1. The number of hydrogen-bond acceptors (Lipinski definition) is 3. The number of nitrogens with zero attached hydrogens (tertiary/aromatic N) is 1. The second-order valence-electron chi connectivity index (χ2n) is 9.86. The normalized spacial score (nSPS) is 14.8. The maximum atomic E-state index is 13.5. The van der Waals surface area contributed by atoms with E-state index in [1.165, 1.54) is 5.56 Å². The molecule has 0 bridgehead atoms. The van der Waals surface area contributed by atoms with Crippen LogP contribution in [0, 0.1) is 13.8 Å². The van der Waals surface area contributed by atoms with Gasteiger partial charge in [0.15, 0.2) is 5.78 Å². The number of ketones is 1. The zero-order valence-corrected chi connectivity index (χ0v) is 25.4. The molecule has 1 atom stereocenters. The van der Waals surface area contributed by atoms with Crippen LogP contribution in [0.25, 0.3) is 11.6 Å². The van der Waals surface area contributed by atoms with Crippen molar-refractivity contribution >= 4 is 23.3 Å². The Labute approximate surface area is 236 Å². The maximum Gasteiger partial charge on any atom is 0.253 e. The highest BCUT2D eigenvalue weighted by molar-refractivity contribution is 6.25. The molecule has 0 radical (unpaired) electrons. The molecule has 0 aliphatic heterocycles. The first-order valence-corrected chi connectivity index (χ1v) is 14.7. The monoisotopic (exact) mass is 531 g/mol. The number of carbonyl (C=O) groups is 2. The van der Waals surface area contributed by atoms with Gasteiger partial charge in [0.25, 0.3) is 5.91 Å². The zero-order chi connectivity index (χ0) is 28.9. The summed E-state index contributed by atoms with van der Waals surface area (Å²) < 4.78 is 0. The molecule has 1 aliphatic rings. The van der Waals surface area contributed by atoms with E-state index >= 15 is 0 Å². The Morgan fingerprint density at radius 2 is 1.79 bits per heavy atom. The number of hydrogen-bond donors (Lipinski definition) is 2. The van der Waals surface area contributed by atoms with Gasteiger partial charge in [0.05, 0.1) is 5.56 Å². The van der Waals surface area contributed by atoms with E-state index in [4.69, 9.17) is 0 Å². The number of nitrogens with one attached hydrogen (secondary N) is 2. The molecule has 5 nitrogen and oxygen atoms in total. The number of rotatable bonds is 12. The van der Waals surface area contributed by atoms with Crippen LogP contribution in [-0.4, -0.2) is 47.8 Å². The van der Waals surface area contributed by atoms with Gasteiger partial charge in [0.2, 0.25) is 0 Å². The van der Waals surface area contributed by atoms with Crippen molar-refractivity contribution in [3.8, 4) is 0 Å². The first-order chi connectivity index (χ1) is 18.8. The summed E-state index contributed by atoms with van der Waals surface area (Å²) in [6.07, 6.45) is 13.1. The van der Waals surface area contributed by atoms with Crippen molar-refractivity contribution in [3.05, 3.63) is 81.7 Å². The fourth-order valence-electron chi connectivity index (χ4n) is 5.30. The highest BCUT2D eigenvalue weighted by Gasteiger charge is 2.26. The Kier molecular flexibility index (Phi) is 13.2. The molecule has 212 valence electrons. The molecule has 1 heterocycles. The van der Waals surface area contributed by atoms with E-state index < -0.39 is 0 Å². The molecule has 0 saturated carbocycles. The van der Waals surface area contributed by atoms with E-state index in [2.05, 4.69) is 73.2 Å². The van der Waals surface area contributed by atoms with Gasteiger partial charge < -0.3 is 15.2 Å². The summed E-state index contributed by atoms with van der Waals surface area (Å²) in [6, 6.07) is 6.24. The van der Waals surface area contributed by atoms with Crippen molar-refractivity contribution in [1.82, 2.24) is 15.2 Å². The number of benzene rings is 1. The molecule has 1 aromatic carbocycles. The van der Waals surface area contributed by atoms with Crippen LogP contribution in [0.3, 0.4) is 0 Å². The van der Waals surface area contributed by atoms with Crippen molar-refractivity contribution in [2.24, 2.45) is 0 Å². The molecule has 39 heavy (non-hydrogen) atoms. The zero-order valence-electron chi connectivity index (χ0n) is 25.4. The summed E-state index contributed by atoms with van der Waals surface area (Å²) >= 11 is 0. The van der Waals surface area contributed by atoms with Gasteiger partial charge in [-0.3, -0.25) is 9.59 Å². The van der Waals surface area contributed by atoms with Crippen molar-refractivity contribution < 1.29 is 9.59 Å². The second kappa shape index (κ2) is 16.0. The predicted molar refractivity (Wildman–Crippen MR) is 166 cm³/mol. The van der Waals surface area contributed by atoms with Crippen molar-refractivity contribution in [3.63, 3.8) is 0 Å². The number of amides is 1. The first kappa shape index (κ1) is 32.0. The highest BCUT2D eigenvalue weighted by Crippen LogP contribution is 2.35. The SMILES string of the molecule is CC.CCCc1cccc(C)c1/C(=C/c1[nH]c(C)c(C(=O)NCCN(CC)CC)c1C1C=CC=CC1)C(C)=O. The number of aryl methyl sites for hydroxylation is 3. The van der Waals surface area contributed by atoms with E-state index in [0.717, 1.165) is 67.0 Å². The fraction of sp³-hybridized carbons (Fsp3) is 0.471. The van der Waals surface area contributed by atoms with Crippen LogP contribution in [0.1, 0.15) is 104 Å². The summed E-state index contributed by atoms with van der Waals surface area (Å²) in [6.45, 7) is 19.4. The molecule has 2 aromatic rings. The average Bonchev–Trinajstić information content (AvgIpc) is 3.27. The van der Waals surface area contributed by atoms with Gasteiger partial charge in [0.1, 0.15) is 0 Å². The molecule has 1 amide bonds. The average molecular weight is 532 g/mol. The third kappa shape index (κ3) is 8.15. The molecule has 2 N–H and O–H groups in total. The summed E-state index contributed by atoms with van der Waals surface area (Å²) in [4.78, 5) is 32.3. The Morgan fingerprint density at radius 1 is 1.08 bits per heavy atom. The lowest BCUT2D eigenvalue weighted by Crippen LogP contribution is -2.35. The summed E-state index contributed by atoms with van der Waals surface area (Å²) in [5, 5.41) is 3.14. The number of likely N-dealkylation sites (N-methyl/N-ethyl adjacent to an activating group) is 1. The minimum atomic E-state index is -0.0644. The Balaban J connectivity index is 0.00000260. The van der Waals surface area contributed by atoms with E-state index in [9.17, 15) is 9.59 Å². The van der Waals surface area contributed by atoms with Crippen LogP contribution in [0.15, 0.2) is 42.5 Å². The van der Waals surface area contributed by atoms with Gasteiger partial charge in [-0.25, -0.2) is 0 Å². The molecule has 5 heteroatoms. The molecule has 0 fully saturated rings. The van der Waals surface area contributed by atoms with Gasteiger partial charge in [-0.15, -0.1) is 0 Å². The van der Waals surface area contributed by atoms with Crippen LogP contribution in [0.5, 0.6) is 0 Å². The predicted octanol–water partition coefficient (Wildman–Crippen LogP) is 7.41. The van der Waals surface area contributed by atoms with E-state index in [-0.39, 0.29) is 17.6 Å². The number of H-pyrrole nitrogens is 1. The third-order valence-corrected chi connectivity index (χ3v) is 7.26. The number of aromatic nitrogens is 1. The minimum Gasteiger partial charge on any atom is -0.358 e. The van der Waals surface area contributed by atoms with Crippen molar-refractivity contribution in [2.75, 3.05) is 26.2 Å². The third-order valence-electron chi connectivity index (χ3n) is 7.26. The largest absolute Gasteiger partial charge is 0.358 e. The van der Waals surface area contributed by atoms with Crippen molar-refractivity contribution in [1.29, 1.82) is 0 Å². The lowest BCUT2D eigenvalue weighted by atomic mass is 9.86. The van der Waals surface area contributed by atoms with Crippen LogP contribution in [0.2, 0.25) is 0 Å². The lowest BCUT2D eigenvalue weighted by molar-refractivity contribution is -0.111. The second-order valence-corrected chi connectivity index (χ2v) is 9.86. The van der Waals surface area contributed by atoms with Gasteiger partial charge in [0, 0.05) is 36.0 Å². The number of allylic oxidation sites excluding steroid dienone is 5. The molecular formula is C34H49N3O2. The minimum absolute atomic E-state index is 0.0224. The van der Waals surface area contributed by atoms with E-state index in [1.54, 1.807) is 6.92 Å². The van der Waals surface area contributed by atoms with Gasteiger partial charge in [-0.1, -0.05) is 83.5 Å². The number of carbonyl (C=O) groups excluding carboxylic acids is 2. The van der Waals surface area contributed by atoms with E-state index in [0.29, 0.717) is 17.7 Å². The van der Waals surface area contributed by atoms with Gasteiger partial charge in [-0.2, -0.15) is 0 Å². The molecule has 1 unspecified atom stereocenters. The van der Waals surface area contributed by atoms with Crippen LogP contribution >= 0.6 is 0 Å². The Morgan fingerprint density at radius 3 is 2.38 bits per heavy atom. The van der Waals surface area contributed by atoms with Crippen molar-refractivity contribution in [2.45, 2.75) is 80.6 Å².